The number of hydrogen-bond donors (Lipinski definition) is 0. The summed E-state index contributed by atoms with van der Waals surface area (Å²) < 4.78 is 1.88. The van der Waals surface area contributed by atoms with E-state index < -0.39 is 0 Å². The molecule has 0 radical (unpaired) electrons. The van der Waals surface area contributed by atoms with Gasteiger partial charge in [0.15, 0.2) is 0 Å². The zero-order valence-corrected chi connectivity index (χ0v) is 16.1. The second kappa shape index (κ2) is 8.84. The minimum Gasteiger partial charge on any atom is -0.303 e. The zero-order chi connectivity index (χ0) is 17.6. The standard InChI is InChI=1S/C20H29ClN4/c1-23(14-19-12-22-24(2)15-19)13-18-4-3-10-25(16-18)11-9-17-5-7-20(21)8-6-17/h5-8,12,15,18H,3-4,9-11,13-14,16H2,1-2H3/t18-/m1/s1. The molecule has 4 nitrogen and oxygen atoms in total. The summed E-state index contributed by atoms with van der Waals surface area (Å²) in [5.74, 6) is 0.764. The Bertz CT molecular complexity index is 652. The average Bonchev–Trinajstić information content (AvgIpc) is 2.99. The van der Waals surface area contributed by atoms with Gasteiger partial charge in [-0.15, -0.1) is 0 Å². The summed E-state index contributed by atoms with van der Waals surface area (Å²) in [6.45, 7) is 5.73. The van der Waals surface area contributed by atoms with Crippen LogP contribution in [0.5, 0.6) is 0 Å². The monoisotopic (exact) mass is 360 g/mol. The van der Waals surface area contributed by atoms with Crippen molar-refractivity contribution in [3.8, 4) is 0 Å². The van der Waals surface area contributed by atoms with E-state index >= 15 is 0 Å². The zero-order valence-electron chi connectivity index (χ0n) is 15.4. The molecule has 0 amide bonds. The quantitative estimate of drug-likeness (QED) is 0.755. The molecule has 3 rings (SSSR count). The number of aryl methyl sites for hydroxylation is 1. The van der Waals surface area contributed by atoms with E-state index in [-0.39, 0.29) is 0 Å². The Hall–Kier alpha value is -1.36. The molecule has 5 heteroatoms. The Labute approximate surface area is 156 Å². The first-order valence-corrected chi connectivity index (χ1v) is 9.59. The molecule has 1 aromatic heterocycles. The maximum atomic E-state index is 5.97. The first-order valence-electron chi connectivity index (χ1n) is 9.21. The Morgan fingerprint density at radius 2 is 2.04 bits per heavy atom. The Kier molecular flexibility index (Phi) is 6.51. The van der Waals surface area contributed by atoms with Gasteiger partial charge in [-0.25, -0.2) is 0 Å². The highest BCUT2D eigenvalue weighted by Crippen LogP contribution is 2.19. The van der Waals surface area contributed by atoms with Gasteiger partial charge in [0.2, 0.25) is 0 Å². The van der Waals surface area contributed by atoms with E-state index in [4.69, 9.17) is 11.6 Å². The molecule has 0 aliphatic carbocycles. The van der Waals surface area contributed by atoms with E-state index in [1.54, 1.807) is 0 Å². The lowest BCUT2D eigenvalue weighted by atomic mass is 9.97. The average molecular weight is 361 g/mol. The van der Waals surface area contributed by atoms with E-state index in [9.17, 15) is 0 Å². The normalized spacial score (nSPS) is 18.8. The highest BCUT2D eigenvalue weighted by Gasteiger charge is 2.21. The molecular formula is C20H29ClN4. The van der Waals surface area contributed by atoms with Crippen molar-refractivity contribution in [1.29, 1.82) is 0 Å². The maximum Gasteiger partial charge on any atom is 0.0534 e. The van der Waals surface area contributed by atoms with Crippen LogP contribution < -0.4 is 0 Å². The third-order valence-electron chi connectivity index (χ3n) is 5.01. The van der Waals surface area contributed by atoms with Gasteiger partial charge >= 0.3 is 0 Å². The summed E-state index contributed by atoms with van der Waals surface area (Å²) in [6, 6.07) is 8.27. The van der Waals surface area contributed by atoms with Crippen molar-refractivity contribution in [1.82, 2.24) is 19.6 Å². The number of likely N-dealkylation sites (tertiary alicyclic amines) is 1. The second-order valence-corrected chi connectivity index (χ2v) is 7.84. The minimum atomic E-state index is 0.764. The summed E-state index contributed by atoms with van der Waals surface area (Å²) in [7, 11) is 4.20. The molecule has 1 atom stereocenters. The summed E-state index contributed by atoms with van der Waals surface area (Å²) >= 11 is 5.97. The smallest absolute Gasteiger partial charge is 0.0534 e. The molecule has 2 aromatic rings. The van der Waals surface area contributed by atoms with Crippen molar-refractivity contribution in [3.05, 3.63) is 52.8 Å². The van der Waals surface area contributed by atoms with Crippen LogP contribution in [0.25, 0.3) is 0 Å². The van der Waals surface area contributed by atoms with Crippen molar-refractivity contribution < 1.29 is 0 Å². The first-order chi connectivity index (χ1) is 12.1. The molecule has 1 aliphatic heterocycles. The molecule has 1 fully saturated rings. The van der Waals surface area contributed by atoms with Crippen LogP contribution in [-0.4, -0.2) is 52.8 Å². The lowest BCUT2D eigenvalue weighted by Crippen LogP contribution is -2.40. The summed E-state index contributed by atoms with van der Waals surface area (Å²) in [6.07, 6.45) is 7.84. The SMILES string of the molecule is CN(Cc1cnn(C)c1)C[C@H]1CCCN(CCc2ccc(Cl)cc2)C1. The van der Waals surface area contributed by atoms with Gasteiger partial charge in [0, 0.05) is 50.0 Å². The van der Waals surface area contributed by atoms with Crippen LogP contribution in [0.3, 0.4) is 0 Å². The molecule has 25 heavy (non-hydrogen) atoms. The number of benzene rings is 1. The van der Waals surface area contributed by atoms with Crippen LogP contribution in [0, 0.1) is 5.92 Å². The molecule has 1 aliphatic rings. The Morgan fingerprint density at radius 1 is 1.24 bits per heavy atom. The van der Waals surface area contributed by atoms with E-state index in [0.29, 0.717) is 0 Å². The number of aromatic nitrogens is 2. The number of hydrogen-bond acceptors (Lipinski definition) is 3. The van der Waals surface area contributed by atoms with Crippen LogP contribution in [0.15, 0.2) is 36.7 Å². The third kappa shape index (κ3) is 5.84. The van der Waals surface area contributed by atoms with Crippen LogP contribution in [0.1, 0.15) is 24.0 Å². The van der Waals surface area contributed by atoms with Gasteiger partial charge in [0.05, 0.1) is 6.20 Å². The molecule has 0 unspecified atom stereocenters. The lowest BCUT2D eigenvalue weighted by molar-refractivity contribution is 0.142. The largest absolute Gasteiger partial charge is 0.303 e. The summed E-state index contributed by atoms with van der Waals surface area (Å²) in [5.41, 5.74) is 2.67. The van der Waals surface area contributed by atoms with Crippen LogP contribution in [0.4, 0.5) is 0 Å². The number of nitrogens with zero attached hydrogens (tertiary/aromatic N) is 4. The van der Waals surface area contributed by atoms with Crippen LogP contribution in [0.2, 0.25) is 5.02 Å². The summed E-state index contributed by atoms with van der Waals surface area (Å²) in [5, 5.41) is 5.08. The van der Waals surface area contributed by atoms with Gasteiger partial charge in [0.1, 0.15) is 0 Å². The van der Waals surface area contributed by atoms with E-state index in [1.807, 2.05) is 30.1 Å². The fraction of sp³-hybridized carbons (Fsp3) is 0.550. The third-order valence-corrected chi connectivity index (χ3v) is 5.27. The fourth-order valence-corrected chi connectivity index (χ4v) is 3.94. The van der Waals surface area contributed by atoms with Gasteiger partial charge in [-0.1, -0.05) is 23.7 Å². The van der Waals surface area contributed by atoms with Crippen molar-refractivity contribution in [2.75, 3.05) is 33.2 Å². The number of piperidine rings is 1. The van der Waals surface area contributed by atoms with E-state index in [1.165, 1.54) is 37.1 Å². The molecule has 1 saturated heterocycles. The minimum absolute atomic E-state index is 0.764. The lowest BCUT2D eigenvalue weighted by Gasteiger charge is -2.34. The van der Waals surface area contributed by atoms with Crippen molar-refractivity contribution in [2.45, 2.75) is 25.8 Å². The summed E-state index contributed by atoms with van der Waals surface area (Å²) in [4.78, 5) is 5.06. The van der Waals surface area contributed by atoms with Gasteiger partial charge in [-0.05, 0) is 56.5 Å². The molecule has 0 saturated carbocycles. The van der Waals surface area contributed by atoms with Crippen LogP contribution in [-0.2, 0) is 20.0 Å². The van der Waals surface area contributed by atoms with Crippen molar-refractivity contribution >= 4 is 11.6 Å². The molecule has 136 valence electrons. The topological polar surface area (TPSA) is 24.3 Å². The van der Waals surface area contributed by atoms with E-state index in [0.717, 1.165) is 37.0 Å². The van der Waals surface area contributed by atoms with Crippen LogP contribution >= 0.6 is 11.6 Å². The molecule has 0 spiro atoms. The second-order valence-electron chi connectivity index (χ2n) is 7.40. The predicted molar refractivity (Wildman–Crippen MR) is 104 cm³/mol. The van der Waals surface area contributed by atoms with Gasteiger partial charge in [-0.2, -0.15) is 5.10 Å². The predicted octanol–water partition coefficient (Wildman–Crippen LogP) is 3.46. The number of rotatable bonds is 7. The first kappa shape index (κ1) is 18.4. The molecule has 2 heterocycles. The van der Waals surface area contributed by atoms with Crippen molar-refractivity contribution in [3.63, 3.8) is 0 Å². The molecule has 0 N–H and O–H groups in total. The van der Waals surface area contributed by atoms with Crippen molar-refractivity contribution in [2.24, 2.45) is 13.0 Å². The maximum absolute atomic E-state index is 5.97. The van der Waals surface area contributed by atoms with Gasteiger partial charge < -0.3 is 9.80 Å². The molecular weight excluding hydrogens is 332 g/mol. The highest BCUT2D eigenvalue weighted by atomic mass is 35.5. The van der Waals surface area contributed by atoms with Gasteiger partial charge in [0.25, 0.3) is 0 Å². The van der Waals surface area contributed by atoms with Gasteiger partial charge in [-0.3, -0.25) is 4.68 Å². The highest BCUT2D eigenvalue weighted by molar-refractivity contribution is 6.30. The molecule has 0 bridgehead atoms. The Balaban J connectivity index is 1.43. The van der Waals surface area contributed by atoms with E-state index in [2.05, 4.69) is 40.3 Å². The molecule has 1 aromatic carbocycles. The Morgan fingerprint density at radius 3 is 2.76 bits per heavy atom. The fourth-order valence-electron chi connectivity index (χ4n) is 3.81. The number of halogens is 1.